The molecule has 0 bridgehead atoms. The molecule has 2 fully saturated rings. The number of nitrogens with zero attached hydrogens (tertiary/aromatic N) is 2. The lowest BCUT2D eigenvalue weighted by Crippen LogP contribution is -2.67. The summed E-state index contributed by atoms with van der Waals surface area (Å²) >= 11 is 0. The van der Waals surface area contributed by atoms with Crippen molar-refractivity contribution in [1.29, 1.82) is 0 Å². The molecule has 24 heavy (non-hydrogen) atoms. The molecule has 1 saturated carbocycles. The van der Waals surface area contributed by atoms with Gasteiger partial charge < -0.3 is 14.7 Å². The Morgan fingerprint density at radius 2 is 2.21 bits per heavy atom. The number of aliphatic hydroxyl groups excluding tert-OH is 1. The second-order valence-electron chi connectivity index (χ2n) is 8.28. The number of hydrogen-bond acceptors (Lipinski definition) is 4. The maximum Gasteiger partial charge on any atom is 0.219 e. The van der Waals surface area contributed by atoms with Gasteiger partial charge in [0.15, 0.2) is 0 Å². The van der Waals surface area contributed by atoms with Crippen molar-refractivity contribution in [3.63, 3.8) is 0 Å². The zero-order chi connectivity index (χ0) is 17.5. The minimum atomic E-state index is -0.280. The molecule has 5 nitrogen and oxygen atoms in total. The van der Waals surface area contributed by atoms with Gasteiger partial charge in [0.05, 0.1) is 12.7 Å². The summed E-state index contributed by atoms with van der Waals surface area (Å²) in [4.78, 5) is 16.3. The van der Waals surface area contributed by atoms with Crippen LogP contribution in [0.4, 0.5) is 0 Å². The van der Waals surface area contributed by atoms with E-state index in [0.29, 0.717) is 12.5 Å². The molecule has 136 valence electrons. The third kappa shape index (κ3) is 3.02. The number of aliphatic hydroxyl groups is 1. The highest BCUT2D eigenvalue weighted by molar-refractivity contribution is 5.75. The van der Waals surface area contributed by atoms with Crippen molar-refractivity contribution in [2.45, 2.75) is 58.2 Å². The molecule has 2 unspecified atom stereocenters. The third-order valence-electron chi connectivity index (χ3n) is 6.29. The van der Waals surface area contributed by atoms with Gasteiger partial charge in [-0.25, -0.2) is 0 Å². The van der Waals surface area contributed by atoms with Gasteiger partial charge in [0.25, 0.3) is 0 Å². The van der Waals surface area contributed by atoms with E-state index in [0.717, 1.165) is 38.9 Å². The van der Waals surface area contributed by atoms with Crippen molar-refractivity contribution in [2.24, 2.45) is 11.3 Å². The standard InChI is InChI=1S/C19H32N2O3/c1-13(2)18-19(12-21(18)14(3)22)9-16(17(23)10-19)20-7-5-15(6-8-20)11-24-4/h5,13,16-18,23H,6-12H2,1-4H3/t16-,17-,18?,19?/m1/s1. The summed E-state index contributed by atoms with van der Waals surface area (Å²) in [6.45, 7) is 9.49. The van der Waals surface area contributed by atoms with Crippen LogP contribution >= 0.6 is 0 Å². The van der Waals surface area contributed by atoms with Gasteiger partial charge in [0.1, 0.15) is 0 Å². The number of ether oxygens (including phenoxy) is 1. The number of hydrogen-bond donors (Lipinski definition) is 1. The van der Waals surface area contributed by atoms with Crippen molar-refractivity contribution < 1.29 is 14.6 Å². The van der Waals surface area contributed by atoms with E-state index in [1.165, 1.54) is 5.57 Å². The average molecular weight is 336 g/mol. The Bertz CT molecular complexity index is 519. The molecular weight excluding hydrogens is 304 g/mol. The number of amides is 1. The lowest BCUT2D eigenvalue weighted by atomic mass is 9.65. The fourth-order valence-corrected chi connectivity index (χ4v) is 5.40. The van der Waals surface area contributed by atoms with Crippen LogP contribution in [0, 0.1) is 11.3 Å². The fraction of sp³-hybridized carbons (Fsp3) is 0.842. The van der Waals surface area contributed by atoms with Gasteiger partial charge in [-0.1, -0.05) is 19.9 Å². The monoisotopic (exact) mass is 336 g/mol. The van der Waals surface area contributed by atoms with Crippen molar-refractivity contribution in [2.75, 3.05) is 33.4 Å². The molecule has 0 aromatic rings. The van der Waals surface area contributed by atoms with Crippen LogP contribution < -0.4 is 0 Å². The van der Waals surface area contributed by atoms with E-state index in [4.69, 9.17) is 4.74 Å². The number of likely N-dealkylation sites (tertiary alicyclic amines) is 1. The van der Waals surface area contributed by atoms with Crippen LogP contribution in [-0.2, 0) is 9.53 Å². The van der Waals surface area contributed by atoms with Gasteiger partial charge in [0.2, 0.25) is 5.91 Å². The number of rotatable bonds is 4. The molecule has 5 heteroatoms. The molecule has 0 radical (unpaired) electrons. The summed E-state index contributed by atoms with van der Waals surface area (Å²) in [7, 11) is 1.74. The highest BCUT2D eigenvalue weighted by Gasteiger charge is 2.60. The molecule has 0 aromatic carbocycles. The van der Waals surface area contributed by atoms with E-state index in [1.54, 1.807) is 14.0 Å². The Labute approximate surface area is 145 Å². The van der Waals surface area contributed by atoms with Crippen LogP contribution in [0.3, 0.4) is 0 Å². The fourth-order valence-electron chi connectivity index (χ4n) is 5.40. The molecule has 1 saturated heterocycles. The lowest BCUT2D eigenvalue weighted by molar-refractivity contribution is -0.158. The predicted molar refractivity (Wildman–Crippen MR) is 93.6 cm³/mol. The molecular formula is C19H32N2O3. The first kappa shape index (κ1) is 17.9. The van der Waals surface area contributed by atoms with Crippen LogP contribution in [-0.4, -0.2) is 72.4 Å². The molecule has 1 N–H and O–H groups in total. The molecule has 1 spiro atoms. The summed E-state index contributed by atoms with van der Waals surface area (Å²) in [6.07, 6.45) is 4.84. The van der Waals surface area contributed by atoms with Crippen molar-refractivity contribution in [3.8, 4) is 0 Å². The minimum Gasteiger partial charge on any atom is -0.391 e. The smallest absolute Gasteiger partial charge is 0.219 e. The maximum absolute atomic E-state index is 11.9. The maximum atomic E-state index is 11.9. The summed E-state index contributed by atoms with van der Waals surface area (Å²) in [5.74, 6) is 0.602. The molecule has 2 heterocycles. The molecule has 3 aliphatic rings. The van der Waals surface area contributed by atoms with Gasteiger partial charge in [-0.3, -0.25) is 9.69 Å². The molecule has 3 rings (SSSR count). The summed E-state index contributed by atoms with van der Waals surface area (Å²) in [5.41, 5.74) is 1.47. The van der Waals surface area contributed by atoms with Crippen molar-refractivity contribution >= 4 is 5.91 Å². The Kier molecular flexibility index (Phi) is 5.05. The lowest BCUT2D eigenvalue weighted by Gasteiger charge is -2.58. The SMILES string of the molecule is COCC1=CCN([C@@H]2CC3(C[C@H]2O)CN(C(C)=O)C3C(C)C)CC1. The van der Waals surface area contributed by atoms with Crippen molar-refractivity contribution in [1.82, 2.24) is 9.80 Å². The predicted octanol–water partition coefficient (Wildman–Crippen LogP) is 1.66. The Hall–Kier alpha value is -0.910. The molecule has 1 aliphatic carbocycles. The van der Waals surface area contributed by atoms with E-state index in [2.05, 4.69) is 24.8 Å². The van der Waals surface area contributed by atoms with Crippen LogP contribution in [0.1, 0.15) is 40.0 Å². The Morgan fingerprint density at radius 1 is 1.46 bits per heavy atom. The minimum absolute atomic E-state index is 0.112. The molecule has 1 amide bonds. The van der Waals surface area contributed by atoms with Crippen LogP contribution in [0.5, 0.6) is 0 Å². The number of methoxy groups -OCH3 is 1. The topological polar surface area (TPSA) is 53.0 Å². The van der Waals surface area contributed by atoms with Crippen molar-refractivity contribution in [3.05, 3.63) is 11.6 Å². The van der Waals surface area contributed by atoms with Crippen LogP contribution in [0.15, 0.2) is 11.6 Å². The normalized spacial score (nSPS) is 37.0. The van der Waals surface area contributed by atoms with Gasteiger partial charge in [-0.2, -0.15) is 0 Å². The molecule has 4 atom stereocenters. The highest BCUT2D eigenvalue weighted by atomic mass is 16.5. The summed E-state index contributed by atoms with van der Waals surface area (Å²) < 4.78 is 5.22. The summed E-state index contributed by atoms with van der Waals surface area (Å²) in [6, 6.07) is 0.500. The van der Waals surface area contributed by atoms with Gasteiger partial charge in [0, 0.05) is 51.2 Å². The van der Waals surface area contributed by atoms with Gasteiger partial charge in [-0.05, 0) is 30.8 Å². The second-order valence-corrected chi connectivity index (χ2v) is 8.28. The number of carbonyl (C=O) groups excluding carboxylic acids is 1. The Morgan fingerprint density at radius 3 is 2.75 bits per heavy atom. The summed E-state index contributed by atoms with van der Waals surface area (Å²) in [5, 5.41) is 10.7. The Balaban J connectivity index is 1.68. The molecule has 0 aromatic heterocycles. The highest BCUT2D eigenvalue weighted by Crippen LogP contribution is 2.54. The van der Waals surface area contributed by atoms with Crippen LogP contribution in [0.25, 0.3) is 0 Å². The third-order valence-corrected chi connectivity index (χ3v) is 6.29. The largest absolute Gasteiger partial charge is 0.391 e. The van der Waals surface area contributed by atoms with E-state index < -0.39 is 0 Å². The first-order valence-electron chi connectivity index (χ1n) is 9.24. The second kappa shape index (κ2) is 6.77. The first-order chi connectivity index (χ1) is 11.4. The van der Waals surface area contributed by atoms with Gasteiger partial charge in [-0.15, -0.1) is 0 Å². The average Bonchev–Trinajstić information content (AvgIpc) is 2.85. The number of carbonyl (C=O) groups is 1. The van der Waals surface area contributed by atoms with E-state index in [-0.39, 0.29) is 29.5 Å². The van der Waals surface area contributed by atoms with Crippen LogP contribution in [0.2, 0.25) is 0 Å². The quantitative estimate of drug-likeness (QED) is 0.794. The van der Waals surface area contributed by atoms with E-state index >= 15 is 0 Å². The molecule has 2 aliphatic heterocycles. The zero-order valence-electron chi connectivity index (χ0n) is 15.5. The zero-order valence-corrected chi connectivity index (χ0v) is 15.5. The first-order valence-corrected chi connectivity index (χ1v) is 9.24. The van der Waals surface area contributed by atoms with E-state index in [1.807, 2.05) is 4.90 Å². The van der Waals surface area contributed by atoms with E-state index in [9.17, 15) is 9.90 Å². The van der Waals surface area contributed by atoms with Gasteiger partial charge >= 0.3 is 0 Å².